The summed E-state index contributed by atoms with van der Waals surface area (Å²) in [5.41, 5.74) is 0.191. The van der Waals surface area contributed by atoms with Crippen molar-refractivity contribution in [3.63, 3.8) is 0 Å². The summed E-state index contributed by atoms with van der Waals surface area (Å²) in [6.07, 6.45) is -5.17. The van der Waals surface area contributed by atoms with Crippen LogP contribution in [0, 0.1) is 0 Å². The lowest BCUT2D eigenvalue weighted by atomic mass is 10.1. The number of para-hydroxylation sites is 1. The van der Waals surface area contributed by atoms with Gasteiger partial charge < -0.3 is 29.5 Å². The van der Waals surface area contributed by atoms with Gasteiger partial charge in [0, 0.05) is 0 Å². The quantitative estimate of drug-likeness (QED) is 0.654. The van der Waals surface area contributed by atoms with Crippen molar-refractivity contribution in [2.45, 2.75) is 31.5 Å². The molecule has 1 aliphatic heterocycles. The first-order chi connectivity index (χ1) is 10.0. The molecule has 3 N–H and O–H groups in total. The van der Waals surface area contributed by atoms with E-state index in [0.717, 1.165) is 0 Å². The Balaban J connectivity index is 2.14. The Morgan fingerprint density at radius 2 is 2.00 bits per heavy atom. The van der Waals surface area contributed by atoms with E-state index in [0.29, 0.717) is 0 Å². The maximum Gasteiger partial charge on any atom is 0.341 e. The Labute approximate surface area is 121 Å². The molecule has 0 aliphatic carbocycles. The van der Waals surface area contributed by atoms with Gasteiger partial charge in [-0.15, -0.1) is 0 Å². The summed E-state index contributed by atoms with van der Waals surface area (Å²) in [7, 11) is 0. The number of aliphatic hydroxyl groups excluding tert-OH is 3. The van der Waals surface area contributed by atoms with Crippen molar-refractivity contribution >= 4 is 5.97 Å². The fraction of sp³-hybridized carbons (Fsp3) is 0.500. The van der Waals surface area contributed by atoms with Gasteiger partial charge in [0.2, 0.25) is 6.29 Å². The molecule has 0 saturated carbocycles. The number of esters is 1. The molecule has 1 aromatic carbocycles. The first kappa shape index (κ1) is 15.7. The van der Waals surface area contributed by atoms with Gasteiger partial charge in [0.1, 0.15) is 29.6 Å². The molecular formula is C14H18O7. The lowest BCUT2D eigenvalue weighted by Crippen LogP contribution is -2.54. The first-order valence-electron chi connectivity index (χ1n) is 6.63. The van der Waals surface area contributed by atoms with Gasteiger partial charge in [-0.3, -0.25) is 0 Å². The Bertz CT molecular complexity index is 490. The molecule has 0 bridgehead atoms. The van der Waals surface area contributed by atoms with E-state index in [9.17, 15) is 20.1 Å². The fourth-order valence-electron chi connectivity index (χ4n) is 1.95. The second-order valence-electron chi connectivity index (χ2n) is 4.58. The van der Waals surface area contributed by atoms with Crippen molar-refractivity contribution in [2.75, 3.05) is 13.2 Å². The van der Waals surface area contributed by atoms with Crippen molar-refractivity contribution in [3.05, 3.63) is 29.8 Å². The number of rotatable bonds is 4. The molecule has 1 aromatic rings. The van der Waals surface area contributed by atoms with Crippen molar-refractivity contribution in [2.24, 2.45) is 0 Å². The number of benzene rings is 1. The van der Waals surface area contributed by atoms with Crippen LogP contribution in [0.3, 0.4) is 0 Å². The molecule has 0 unspecified atom stereocenters. The third kappa shape index (κ3) is 3.51. The maximum atomic E-state index is 11.8. The molecule has 7 nitrogen and oxygen atoms in total. The second-order valence-corrected chi connectivity index (χ2v) is 4.58. The summed E-state index contributed by atoms with van der Waals surface area (Å²) in [4.78, 5) is 11.8. The van der Waals surface area contributed by atoms with Gasteiger partial charge in [-0.05, 0) is 19.1 Å². The Morgan fingerprint density at radius 1 is 1.29 bits per heavy atom. The third-order valence-electron chi connectivity index (χ3n) is 3.08. The molecule has 116 valence electrons. The number of hydrogen-bond donors (Lipinski definition) is 3. The van der Waals surface area contributed by atoms with E-state index in [1.807, 2.05) is 0 Å². The number of carbonyl (C=O) groups is 1. The highest BCUT2D eigenvalue weighted by Crippen LogP contribution is 2.24. The van der Waals surface area contributed by atoms with Crippen molar-refractivity contribution in [1.82, 2.24) is 0 Å². The molecule has 0 aromatic heterocycles. The lowest BCUT2D eigenvalue weighted by Gasteiger charge is -2.35. The van der Waals surface area contributed by atoms with Gasteiger partial charge in [0.25, 0.3) is 0 Å². The molecule has 1 heterocycles. The summed E-state index contributed by atoms with van der Waals surface area (Å²) in [5, 5.41) is 28.8. The molecule has 21 heavy (non-hydrogen) atoms. The van der Waals surface area contributed by atoms with Gasteiger partial charge in [-0.1, -0.05) is 12.1 Å². The zero-order chi connectivity index (χ0) is 15.4. The molecule has 0 radical (unpaired) electrons. The van der Waals surface area contributed by atoms with Crippen LogP contribution in [0.25, 0.3) is 0 Å². The minimum atomic E-state index is -1.43. The average molecular weight is 298 g/mol. The fourth-order valence-corrected chi connectivity index (χ4v) is 1.95. The zero-order valence-electron chi connectivity index (χ0n) is 11.5. The standard InChI is InChI=1S/C14H18O7/c1-2-19-13(18)8-5-3-4-6-10(8)21-14-12(17)11(16)9(15)7-20-14/h3-6,9,11-12,14-17H,2,7H2,1H3/t9-,11+,12-,14+/m1/s1. The number of aliphatic hydroxyl groups is 3. The van der Waals surface area contributed by atoms with E-state index < -0.39 is 30.6 Å². The summed E-state index contributed by atoms with van der Waals surface area (Å²) in [5.74, 6) is -0.387. The van der Waals surface area contributed by atoms with Crippen LogP contribution < -0.4 is 4.74 Å². The van der Waals surface area contributed by atoms with Crippen LogP contribution in [0.2, 0.25) is 0 Å². The molecule has 7 heteroatoms. The Morgan fingerprint density at radius 3 is 2.71 bits per heavy atom. The summed E-state index contributed by atoms with van der Waals surface area (Å²) in [6.45, 7) is 1.73. The highest BCUT2D eigenvalue weighted by atomic mass is 16.7. The number of hydrogen-bond acceptors (Lipinski definition) is 7. The summed E-state index contributed by atoms with van der Waals surface area (Å²) in [6, 6.07) is 6.35. The smallest absolute Gasteiger partial charge is 0.341 e. The Kier molecular flexibility index (Phi) is 5.13. The maximum absolute atomic E-state index is 11.8. The second kappa shape index (κ2) is 6.86. The highest BCUT2D eigenvalue weighted by Gasteiger charge is 2.39. The lowest BCUT2D eigenvalue weighted by molar-refractivity contribution is -0.242. The summed E-state index contributed by atoms with van der Waals surface area (Å²) >= 11 is 0. The van der Waals surface area contributed by atoms with Gasteiger partial charge in [0.15, 0.2) is 0 Å². The molecule has 1 aliphatic rings. The van der Waals surface area contributed by atoms with Crippen LogP contribution in [0.4, 0.5) is 0 Å². The van der Waals surface area contributed by atoms with Crippen molar-refractivity contribution < 1.29 is 34.3 Å². The van der Waals surface area contributed by atoms with Crippen LogP contribution in [-0.4, -0.2) is 59.1 Å². The minimum Gasteiger partial charge on any atom is -0.462 e. The third-order valence-corrected chi connectivity index (χ3v) is 3.08. The van der Waals surface area contributed by atoms with Crippen molar-refractivity contribution in [3.8, 4) is 5.75 Å². The van der Waals surface area contributed by atoms with Gasteiger partial charge in [-0.2, -0.15) is 0 Å². The normalized spacial score (nSPS) is 29.0. The van der Waals surface area contributed by atoms with E-state index in [1.165, 1.54) is 12.1 Å². The van der Waals surface area contributed by atoms with Crippen LogP contribution in [0.5, 0.6) is 5.75 Å². The van der Waals surface area contributed by atoms with E-state index in [1.54, 1.807) is 19.1 Å². The molecule has 1 saturated heterocycles. The van der Waals surface area contributed by atoms with Gasteiger partial charge in [0.05, 0.1) is 13.2 Å². The zero-order valence-corrected chi connectivity index (χ0v) is 11.5. The van der Waals surface area contributed by atoms with Crippen molar-refractivity contribution in [1.29, 1.82) is 0 Å². The SMILES string of the molecule is CCOC(=O)c1ccccc1O[C@@H]1OC[C@@H](O)[C@H](O)[C@H]1O. The van der Waals surface area contributed by atoms with Crippen LogP contribution in [0.15, 0.2) is 24.3 Å². The molecule has 2 rings (SSSR count). The number of carbonyl (C=O) groups excluding carboxylic acids is 1. The van der Waals surface area contributed by atoms with Crippen LogP contribution in [0.1, 0.15) is 17.3 Å². The molecule has 4 atom stereocenters. The molecule has 0 amide bonds. The number of ether oxygens (including phenoxy) is 3. The topological polar surface area (TPSA) is 105 Å². The first-order valence-corrected chi connectivity index (χ1v) is 6.63. The largest absolute Gasteiger partial charge is 0.462 e. The van der Waals surface area contributed by atoms with E-state index in [2.05, 4.69) is 0 Å². The van der Waals surface area contributed by atoms with Gasteiger partial charge >= 0.3 is 5.97 Å². The van der Waals surface area contributed by atoms with E-state index >= 15 is 0 Å². The predicted octanol–water partition coefficient (Wildman–Crippen LogP) is -0.319. The Hall–Kier alpha value is -1.67. The molecule has 0 spiro atoms. The molecule has 1 fully saturated rings. The van der Waals surface area contributed by atoms with E-state index in [4.69, 9.17) is 14.2 Å². The summed E-state index contributed by atoms with van der Waals surface area (Å²) < 4.78 is 15.5. The molecular weight excluding hydrogens is 280 g/mol. The monoisotopic (exact) mass is 298 g/mol. The van der Waals surface area contributed by atoms with Crippen LogP contribution in [-0.2, 0) is 9.47 Å². The van der Waals surface area contributed by atoms with Crippen LogP contribution >= 0.6 is 0 Å². The average Bonchev–Trinajstić information content (AvgIpc) is 2.48. The van der Waals surface area contributed by atoms with E-state index in [-0.39, 0.29) is 24.5 Å². The highest BCUT2D eigenvalue weighted by molar-refractivity contribution is 5.92. The predicted molar refractivity (Wildman–Crippen MR) is 70.8 cm³/mol. The van der Waals surface area contributed by atoms with Gasteiger partial charge in [-0.25, -0.2) is 4.79 Å². The minimum absolute atomic E-state index is 0.170.